The van der Waals surface area contributed by atoms with Gasteiger partial charge in [-0.2, -0.15) is 0 Å². The van der Waals surface area contributed by atoms with Crippen molar-refractivity contribution in [1.82, 2.24) is 0 Å². The molecule has 1 atom stereocenters. The Morgan fingerprint density at radius 1 is 1.19 bits per heavy atom. The molecule has 21 heavy (non-hydrogen) atoms. The second-order valence-electron chi connectivity index (χ2n) is 5.18. The highest BCUT2D eigenvalue weighted by atomic mass is 79.9. The number of nitrogens with two attached hydrogens (primary N) is 1. The van der Waals surface area contributed by atoms with Crippen molar-refractivity contribution >= 4 is 27.5 Å². The van der Waals surface area contributed by atoms with Gasteiger partial charge in [0.15, 0.2) is 0 Å². The number of benzene rings is 2. The Morgan fingerprint density at radius 2 is 1.76 bits per heavy atom. The molecule has 0 bridgehead atoms. The minimum absolute atomic E-state index is 0.0696. The molecule has 0 aliphatic rings. The fourth-order valence-electron chi connectivity index (χ4n) is 2.32. The Kier molecular flexibility index (Phi) is 5.15. The predicted molar refractivity (Wildman–Crippen MR) is 90.2 cm³/mol. The van der Waals surface area contributed by atoms with Crippen LogP contribution in [0.2, 0.25) is 0 Å². The van der Waals surface area contributed by atoms with Gasteiger partial charge in [0, 0.05) is 22.6 Å². The minimum atomic E-state index is -0.290. The van der Waals surface area contributed by atoms with E-state index in [-0.39, 0.29) is 18.4 Å². The van der Waals surface area contributed by atoms with E-state index in [1.165, 1.54) is 0 Å². The zero-order chi connectivity index (χ0) is 15.4. The zero-order valence-electron chi connectivity index (χ0n) is 12.2. The van der Waals surface area contributed by atoms with Crippen LogP contribution in [0.15, 0.2) is 46.9 Å². The van der Waals surface area contributed by atoms with Crippen molar-refractivity contribution in [3.8, 4) is 0 Å². The van der Waals surface area contributed by atoms with E-state index in [1.54, 1.807) is 0 Å². The topological polar surface area (TPSA) is 55.1 Å². The lowest BCUT2D eigenvalue weighted by Gasteiger charge is -2.15. The Bertz CT molecular complexity index is 617. The first-order valence-corrected chi connectivity index (χ1v) is 7.64. The number of anilines is 1. The van der Waals surface area contributed by atoms with Gasteiger partial charge in [0.2, 0.25) is 5.91 Å². The van der Waals surface area contributed by atoms with Gasteiger partial charge in [0.25, 0.3) is 0 Å². The molecule has 2 rings (SSSR count). The van der Waals surface area contributed by atoms with Crippen molar-refractivity contribution in [3.63, 3.8) is 0 Å². The van der Waals surface area contributed by atoms with Gasteiger partial charge >= 0.3 is 0 Å². The van der Waals surface area contributed by atoms with Crippen LogP contribution in [0, 0.1) is 13.8 Å². The van der Waals surface area contributed by atoms with Gasteiger partial charge in [-0.05, 0) is 42.7 Å². The van der Waals surface area contributed by atoms with Crippen molar-refractivity contribution in [3.05, 3.63) is 63.6 Å². The van der Waals surface area contributed by atoms with Crippen molar-refractivity contribution in [2.24, 2.45) is 5.73 Å². The molecule has 0 aliphatic carbocycles. The molecule has 1 amide bonds. The molecule has 2 aromatic rings. The number of amides is 1. The summed E-state index contributed by atoms with van der Waals surface area (Å²) >= 11 is 3.45. The first-order chi connectivity index (χ1) is 9.97. The number of carbonyl (C=O) groups excluding carboxylic acids is 1. The van der Waals surface area contributed by atoms with E-state index in [9.17, 15) is 4.79 Å². The number of rotatable bonds is 4. The van der Waals surface area contributed by atoms with Gasteiger partial charge in [-0.1, -0.05) is 46.3 Å². The SMILES string of the molecule is Cc1cc(Br)cc(C)c1NC(=O)CC(N)c1ccccc1. The number of hydrogen-bond acceptors (Lipinski definition) is 2. The number of nitrogens with one attached hydrogen (secondary N) is 1. The average molecular weight is 347 g/mol. The number of carbonyl (C=O) groups is 1. The molecule has 0 spiro atoms. The average Bonchev–Trinajstić information content (AvgIpc) is 2.43. The van der Waals surface area contributed by atoms with E-state index in [2.05, 4.69) is 21.2 Å². The second kappa shape index (κ2) is 6.87. The maximum atomic E-state index is 12.2. The fourth-order valence-corrected chi connectivity index (χ4v) is 3.00. The van der Waals surface area contributed by atoms with Crippen LogP contribution in [0.4, 0.5) is 5.69 Å². The Morgan fingerprint density at radius 3 is 2.33 bits per heavy atom. The maximum absolute atomic E-state index is 12.2. The molecular weight excluding hydrogens is 328 g/mol. The quantitative estimate of drug-likeness (QED) is 0.875. The van der Waals surface area contributed by atoms with E-state index >= 15 is 0 Å². The Labute approximate surface area is 133 Å². The minimum Gasteiger partial charge on any atom is -0.326 e. The molecule has 110 valence electrons. The van der Waals surface area contributed by atoms with Crippen molar-refractivity contribution < 1.29 is 4.79 Å². The molecule has 1 unspecified atom stereocenters. The summed E-state index contributed by atoms with van der Waals surface area (Å²) < 4.78 is 1.01. The smallest absolute Gasteiger partial charge is 0.226 e. The number of aryl methyl sites for hydroxylation is 2. The lowest BCUT2D eigenvalue weighted by atomic mass is 10.0. The Hall–Kier alpha value is -1.65. The molecule has 0 fully saturated rings. The molecular formula is C17H19BrN2O. The third-order valence-electron chi connectivity index (χ3n) is 3.39. The van der Waals surface area contributed by atoms with Crippen LogP contribution in [0.5, 0.6) is 0 Å². The molecule has 0 radical (unpaired) electrons. The van der Waals surface area contributed by atoms with Gasteiger partial charge in [-0.25, -0.2) is 0 Å². The van der Waals surface area contributed by atoms with Crippen LogP contribution >= 0.6 is 15.9 Å². The van der Waals surface area contributed by atoms with E-state index < -0.39 is 0 Å². The van der Waals surface area contributed by atoms with Crippen LogP contribution in [-0.2, 0) is 4.79 Å². The van der Waals surface area contributed by atoms with Crippen LogP contribution in [0.1, 0.15) is 29.2 Å². The summed E-state index contributed by atoms with van der Waals surface area (Å²) in [6.07, 6.45) is 0.263. The highest BCUT2D eigenvalue weighted by molar-refractivity contribution is 9.10. The van der Waals surface area contributed by atoms with Crippen molar-refractivity contribution in [1.29, 1.82) is 0 Å². The highest BCUT2D eigenvalue weighted by Crippen LogP contribution is 2.25. The van der Waals surface area contributed by atoms with Crippen LogP contribution in [0.25, 0.3) is 0 Å². The van der Waals surface area contributed by atoms with E-state index in [0.29, 0.717) is 0 Å². The number of hydrogen-bond donors (Lipinski definition) is 2. The zero-order valence-corrected chi connectivity index (χ0v) is 13.8. The first kappa shape index (κ1) is 15.7. The van der Waals surface area contributed by atoms with Crippen LogP contribution in [-0.4, -0.2) is 5.91 Å². The number of halogens is 1. The standard InChI is InChI=1S/C17H19BrN2O/c1-11-8-14(18)9-12(2)17(11)20-16(21)10-15(19)13-6-4-3-5-7-13/h3-9,15H,10,19H2,1-2H3,(H,20,21). The van der Waals surface area contributed by atoms with Crippen LogP contribution < -0.4 is 11.1 Å². The van der Waals surface area contributed by atoms with Gasteiger partial charge in [0.1, 0.15) is 0 Å². The van der Waals surface area contributed by atoms with Gasteiger partial charge in [-0.3, -0.25) is 4.79 Å². The van der Waals surface area contributed by atoms with E-state index in [1.807, 2.05) is 56.3 Å². The highest BCUT2D eigenvalue weighted by Gasteiger charge is 2.13. The van der Waals surface area contributed by atoms with Gasteiger partial charge in [0.05, 0.1) is 0 Å². The first-order valence-electron chi connectivity index (χ1n) is 6.84. The predicted octanol–water partition coefficient (Wildman–Crippen LogP) is 4.09. The molecule has 3 N–H and O–H groups in total. The molecule has 0 saturated carbocycles. The summed E-state index contributed by atoms with van der Waals surface area (Å²) in [5.74, 6) is -0.0696. The van der Waals surface area contributed by atoms with Gasteiger partial charge in [-0.15, -0.1) is 0 Å². The monoisotopic (exact) mass is 346 g/mol. The largest absolute Gasteiger partial charge is 0.326 e. The normalized spacial score (nSPS) is 12.0. The van der Waals surface area contributed by atoms with Crippen molar-refractivity contribution in [2.75, 3.05) is 5.32 Å². The van der Waals surface area contributed by atoms with Crippen molar-refractivity contribution in [2.45, 2.75) is 26.3 Å². The Balaban J connectivity index is 2.06. The molecule has 2 aromatic carbocycles. The summed E-state index contributed by atoms with van der Waals surface area (Å²) in [6, 6.07) is 13.3. The lowest BCUT2D eigenvalue weighted by molar-refractivity contribution is -0.116. The molecule has 0 aliphatic heterocycles. The van der Waals surface area contributed by atoms with Gasteiger partial charge < -0.3 is 11.1 Å². The molecule has 3 nitrogen and oxygen atoms in total. The molecule has 4 heteroatoms. The fraction of sp³-hybridized carbons (Fsp3) is 0.235. The van der Waals surface area contributed by atoms with Crippen LogP contribution in [0.3, 0.4) is 0 Å². The van der Waals surface area contributed by atoms with E-state index in [0.717, 1.165) is 26.9 Å². The summed E-state index contributed by atoms with van der Waals surface area (Å²) in [5.41, 5.74) is 9.98. The third-order valence-corrected chi connectivity index (χ3v) is 3.85. The lowest BCUT2D eigenvalue weighted by Crippen LogP contribution is -2.21. The summed E-state index contributed by atoms with van der Waals surface area (Å²) in [5, 5.41) is 2.97. The summed E-state index contributed by atoms with van der Waals surface area (Å²) in [4.78, 5) is 12.2. The molecule has 0 aromatic heterocycles. The molecule has 0 saturated heterocycles. The summed E-state index contributed by atoms with van der Waals surface area (Å²) in [7, 11) is 0. The summed E-state index contributed by atoms with van der Waals surface area (Å²) in [6.45, 7) is 3.95. The second-order valence-corrected chi connectivity index (χ2v) is 6.10. The third kappa shape index (κ3) is 4.16. The maximum Gasteiger partial charge on any atom is 0.226 e. The molecule has 0 heterocycles. The van der Waals surface area contributed by atoms with E-state index in [4.69, 9.17) is 5.73 Å².